The molecule has 26 heavy (non-hydrogen) atoms. The summed E-state index contributed by atoms with van der Waals surface area (Å²) in [5, 5.41) is 2.74. The van der Waals surface area contributed by atoms with Crippen LogP contribution in [-0.4, -0.2) is 41.7 Å². The van der Waals surface area contributed by atoms with Crippen LogP contribution in [0.15, 0.2) is 53.4 Å². The molecule has 0 aliphatic heterocycles. The van der Waals surface area contributed by atoms with E-state index in [-0.39, 0.29) is 17.3 Å². The lowest BCUT2D eigenvalue weighted by Crippen LogP contribution is -2.25. The zero-order chi connectivity index (χ0) is 19.0. The number of rotatable bonds is 9. The van der Waals surface area contributed by atoms with Crippen molar-refractivity contribution in [1.29, 1.82) is 0 Å². The molecule has 140 valence electrons. The summed E-state index contributed by atoms with van der Waals surface area (Å²) in [5.74, 6) is 0.291. The zero-order valence-corrected chi connectivity index (χ0v) is 15.5. The first kappa shape index (κ1) is 19.9. The molecular weight excluding hydrogens is 356 g/mol. The molecule has 0 radical (unpaired) electrons. The summed E-state index contributed by atoms with van der Waals surface area (Å²) in [6, 6.07) is 12.7. The van der Waals surface area contributed by atoms with Crippen LogP contribution in [0.4, 0.5) is 5.69 Å². The predicted molar refractivity (Wildman–Crippen MR) is 99.1 cm³/mol. The Balaban J connectivity index is 2.02. The molecule has 2 rings (SSSR count). The highest BCUT2D eigenvalue weighted by Crippen LogP contribution is 2.18. The molecule has 0 heterocycles. The molecule has 1 amide bonds. The maximum atomic E-state index is 12.3. The van der Waals surface area contributed by atoms with Crippen LogP contribution in [0.2, 0.25) is 0 Å². The fourth-order valence-electron chi connectivity index (χ4n) is 2.20. The SMILES string of the molecule is COCCCNS(=O)(=O)c1ccc(C(=O)Nc2cccc(OC)c2)cc1. The molecule has 0 fully saturated rings. The second kappa shape index (κ2) is 9.33. The van der Waals surface area contributed by atoms with Crippen molar-refractivity contribution < 1.29 is 22.7 Å². The van der Waals surface area contributed by atoms with Gasteiger partial charge in [-0.25, -0.2) is 13.1 Å². The Morgan fingerprint density at radius 3 is 2.46 bits per heavy atom. The Bertz CT molecular complexity index is 835. The van der Waals surface area contributed by atoms with Gasteiger partial charge in [0.05, 0.1) is 12.0 Å². The van der Waals surface area contributed by atoms with E-state index in [1.807, 2.05) is 0 Å². The number of anilines is 1. The van der Waals surface area contributed by atoms with Crippen molar-refractivity contribution in [3.05, 3.63) is 54.1 Å². The summed E-state index contributed by atoms with van der Waals surface area (Å²) < 4.78 is 36.8. The highest BCUT2D eigenvalue weighted by Gasteiger charge is 2.14. The van der Waals surface area contributed by atoms with E-state index in [0.29, 0.717) is 30.0 Å². The van der Waals surface area contributed by atoms with E-state index in [1.165, 1.54) is 24.3 Å². The minimum Gasteiger partial charge on any atom is -0.497 e. The van der Waals surface area contributed by atoms with Gasteiger partial charge in [0, 0.05) is 37.6 Å². The average Bonchev–Trinajstić information content (AvgIpc) is 2.65. The number of hydrogen-bond acceptors (Lipinski definition) is 5. The number of benzene rings is 2. The number of carbonyl (C=O) groups is 1. The molecule has 0 aliphatic carbocycles. The first-order chi connectivity index (χ1) is 12.5. The predicted octanol–water partition coefficient (Wildman–Crippen LogP) is 2.26. The van der Waals surface area contributed by atoms with Gasteiger partial charge in [-0.05, 0) is 42.8 Å². The monoisotopic (exact) mass is 378 g/mol. The van der Waals surface area contributed by atoms with Crippen LogP contribution in [0.5, 0.6) is 5.75 Å². The maximum absolute atomic E-state index is 12.3. The van der Waals surface area contributed by atoms with Gasteiger partial charge in [0.15, 0.2) is 0 Å². The quantitative estimate of drug-likeness (QED) is 0.653. The highest BCUT2D eigenvalue weighted by atomic mass is 32.2. The van der Waals surface area contributed by atoms with E-state index in [4.69, 9.17) is 9.47 Å². The number of hydrogen-bond donors (Lipinski definition) is 2. The van der Waals surface area contributed by atoms with Gasteiger partial charge in [-0.3, -0.25) is 4.79 Å². The third-order valence-electron chi connectivity index (χ3n) is 3.57. The standard InChI is InChI=1S/C18H22N2O5S/c1-24-12-4-11-19-26(22,23)17-9-7-14(8-10-17)18(21)20-15-5-3-6-16(13-15)25-2/h3,5-10,13,19H,4,11-12H2,1-2H3,(H,20,21). The Hall–Kier alpha value is -2.42. The average molecular weight is 378 g/mol. The number of amides is 1. The van der Waals surface area contributed by atoms with Crippen molar-refractivity contribution in [2.75, 3.05) is 32.7 Å². The molecule has 2 aromatic carbocycles. The third-order valence-corrected chi connectivity index (χ3v) is 5.05. The Morgan fingerprint density at radius 1 is 1.08 bits per heavy atom. The topological polar surface area (TPSA) is 93.7 Å². The number of ether oxygens (including phenoxy) is 2. The van der Waals surface area contributed by atoms with Crippen molar-refractivity contribution in [2.24, 2.45) is 0 Å². The Morgan fingerprint density at radius 2 is 1.81 bits per heavy atom. The lowest BCUT2D eigenvalue weighted by molar-refractivity contribution is 0.102. The molecule has 0 aromatic heterocycles. The smallest absolute Gasteiger partial charge is 0.255 e. The normalized spacial score (nSPS) is 11.2. The van der Waals surface area contributed by atoms with Crippen molar-refractivity contribution >= 4 is 21.6 Å². The third kappa shape index (κ3) is 5.55. The van der Waals surface area contributed by atoms with E-state index < -0.39 is 10.0 Å². The first-order valence-corrected chi connectivity index (χ1v) is 9.48. The van der Waals surface area contributed by atoms with E-state index in [1.54, 1.807) is 38.5 Å². The maximum Gasteiger partial charge on any atom is 0.255 e. The zero-order valence-electron chi connectivity index (χ0n) is 14.7. The fraction of sp³-hybridized carbons (Fsp3) is 0.278. The number of carbonyl (C=O) groups excluding carboxylic acids is 1. The van der Waals surface area contributed by atoms with Gasteiger partial charge < -0.3 is 14.8 Å². The first-order valence-electron chi connectivity index (χ1n) is 8.00. The lowest BCUT2D eigenvalue weighted by Gasteiger charge is -2.09. The van der Waals surface area contributed by atoms with E-state index in [9.17, 15) is 13.2 Å². The summed E-state index contributed by atoms with van der Waals surface area (Å²) in [6.07, 6.45) is 0.580. The molecule has 0 unspecified atom stereocenters. The molecule has 8 heteroatoms. The van der Waals surface area contributed by atoms with E-state index >= 15 is 0 Å². The molecule has 7 nitrogen and oxygen atoms in total. The number of methoxy groups -OCH3 is 2. The van der Waals surface area contributed by atoms with E-state index in [2.05, 4.69) is 10.0 Å². The van der Waals surface area contributed by atoms with Crippen LogP contribution in [0.25, 0.3) is 0 Å². The number of nitrogens with one attached hydrogen (secondary N) is 2. The molecule has 0 spiro atoms. The molecule has 2 N–H and O–H groups in total. The highest BCUT2D eigenvalue weighted by molar-refractivity contribution is 7.89. The minimum absolute atomic E-state index is 0.104. The van der Waals surface area contributed by atoms with Gasteiger partial charge >= 0.3 is 0 Å². The molecule has 2 aromatic rings. The van der Waals surface area contributed by atoms with Crippen molar-refractivity contribution in [3.8, 4) is 5.75 Å². The summed E-state index contributed by atoms with van der Waals surface area (Å²) in [6.45, 7) is 0.764. The molecule has 0 bridgehead atoms. The van der Waals surface area contributed by atoms with Crippen LogP contribution in [0.3, 0.4) is 0 Å². The van der Waals surface area contributed by atoms with Crippen molar-refractivity contribution in [3.63, 3.8) is 0 Å². The van der Waals surface area contributed by atoms with Gasteiger partial charge in [-0.1, -0.05) is 6.07 Å². The molecule has 0 aliphatic rings. The van der Waals surface area contributed by atoms with Crippen LogP contribution < -0.4 is 14.8 Å². The molecule has 0 saturated carbocycles. The van der Waals surface area contributed by atoms with Gasteiger partial charge in [0.1, 0.15) is 5.75 Å². The van der Waals surface area contributed by atoms with Gasteiger partial charge in [-0.2, -0.15) is 0 Å². The van der Waals surface area contributed by atoms with Crippen molar-refractivity contribution in [2.45, 2.75) is 11.3 Å². The van der Waals surface area contributed by atoms with Gasteiger partial charge in [-0.15, -0.1) is 0 Å². The summed E-state index contributed by atoms with van der Waals surface area (Å²) >= 11 is 0. The van der Waals surface area contributed by atoms with Crippen LogP contribution in [0, 0.1) is 0 Å². The van der Waals surface area contributed by atoms with Crippen LogP contribution in [0.1, 0.15) is 16.8 Å². The van der Waals surface area contributed by atoms with Crippen LogP contribution in [-0.2, 0) is 14.8 Å². The summed E-state index contributed by atoms with van der Waals surface area (Å²) in [5.41, 5.74) is 0.942. The summed E-state index contributed by atoms with van der Waals surface area (Å²) in [4.78, 5) is 12.4. The largest absolute Gasteiger partial charge is 0.497 e. The molecular formula is C18H22N2O5S. The second-order valence-electron chi connectivity index (χ2n) is 5.45. The fourth-order valence-corrected chi connectivity index (χ4v) is 3.27. The van der Waals surface area contributed by atoms with Gasteiger partial charge in [0.25, 0.3) is 5.91 Å². The summed E-state index contributed by atoms with van der Waals surface area (Å²) in [7, 11) is -0.501. The second-order valence-corrected chi connectivity index (χ2v) is 7.22. The Kier molecular flexibility index (Phi) is 7.14. The lowest BCUT2D eigenvalue weighted by atomic mass is 10.2. The molecule has 0 saturated heterocycles. The minimum atomic E-state index is -3.60. The van der Waals surface area contributed by atoms with Crippen LogP contribution >= 0.6 is 0 Å². The number of sulfonamides is 1. The van der Waals surface area contributed by atoms with E-state index in [0.717, 1.165) is 0 Å². The van der Waals surface area contributed by atoms with Crippen molar-refractivity contribution in [1.82, 2.24) is 4.72 Å². The Labute approximate surface area is 153 Å². The van der Waals surface area contributed by atoms with Gasteiger partial charge in [0.2, 0.25) is 10.0 Å². The molecule has 0 atom stereocenters.